The lowest BCUT2D eigenvalue weighted by atomic mass is 9.64. The molecule has 2 aromatic carbocycles. The number of carbonyl (C=O) groups is 1. The van der Waals surface area contributed by atoms with Gasteiger partial charge < -0.3 is 15.5 Å². The van der Waals surface area contributed by atoms with Gasteiger partial charge in [0.05, 0.1) is 0 Å². The number of aliphatic imine (C=N–C) groups is 1. The van der Waals surface area contributed by atoms with Crippen LogP contribution in [0.5, 0.6) is 0 Å². The highest BCUT2D eigenvalue weighted by molar-refractivity contribution is 5.94. The summed E-state index contributed by atoms with van der Waals surface area (Å²) in [5.41, 5.74) is 3.48. The van der Waals surface area contributed by atoms with Gasteiger partial charge in [-0.2, -0.15) is 0 Å². The number of amides is 1. The highest BCUT2D eigenvalue weighted by Crippen LogP contribution is 2.43. The summed E-state index contributed by atoms with van der Waals surface area (Å²) in [4.78, 5) is 18.7. The minimum absolute atomic E-state index is 0.0868. The predicted molar refractivity (Wildman–Crippen MR) is 124 cm³/mol. The van der Waals surface area contributed by atoms with Crippen molar-refractivity contribution in [2.24, 2.45) is 4.99 Å². The van der Waals surface area contributed by atoms with Gasteiger partial charge >= 0.3 is 0 Å². The molecule has 1 aliphatic rings. The third-order valence-electron chi connectivity index (χ3n) is 6.23. The van der Waals surface area contributed by atoms with Crippen molar-refractivity contribution in [1.82, 2.24) is 15.5 Å². The fourth-order valence-corrected chi connectivity index (χ4v) is 4.08. The molecule has 5 nitrogen and oxygen atoms in total. The number of hydrogen-bond acceptors (Lipinski definition) is 2. The van der Waals surface area contributed by atoms with E-state index >= 15 is 0 Å². The summed E-state index contributed by atoms with van der Waals surface area (Å²) in [6.45, 7) is 7.01. The van der Waals surface area contributed by atoms with E-state index in [1.54, 1.807) is 7.05 Å². The van der Waals surface area contributed by atoms with Crippen LogP contribution in [0, 0.1) is 0 Å². The number of guanidine groups is 1. The van der Waals surface area contributed by atoms with Crippen LogP contribution in [0.1, 0.15) is 54.6 Å². The Kier molecular flexibility index (Phi) is 7.50. The fourth-order valence-electron chi connectivity index (χ4n) is 4.08. The first-order valence-electron chi connectivity index (χ1n) is 11.0. The second-order valence-electron chi connectivity index (χ2n) is 7.95. The largest absolute Gasteiger partial charge is 0.356 e. The average Bonchev–Trinajstić information content (AvgIpc) is 2.77. The molecule has 2 aromatic rings. The second kappa shape index (κ2) is 10.3. The van der Waals surface area contributed by atoms with Crippen molar-refractivity contribution in [3.63, 3.8) is 0 Å². The van der Waals surface area contributed by atoms with Crippen molar-refractivity contribution in [3.05, 3.63) is 71.3 Å². The zero-order valence-electron chi connectivity index (χ0n) is 18.4. The Bertz CT molecular complexity index is 837. The molecule has 30 heavy (non-hydrogen) atoms. The van der Waals surface area contributed by atoms with Crippen molar-refractivity contribution in [2.45, 2.75) is 45.1 Å². The summed E-state index contributed by atoms with van der Waals surface area (Å²) in [7, 11) is 1.80. The first-order chi connectivity index (χ1) is 14.6. The summed E-state index contributed by atoms with van der Waals surface area (Å²) in [6, 6.07) is 18.6. The smallest absolute Gasteiger partial charge is 0.253 e. The van der Waals surface area contributed by atoms with Crippen molar-refractivity contribution in [1.29, 1.82) is 0 Å². The van der Waals surface area contributed by atoms with Gasteiger partial charge in [0.25, 0.3) is 5.91 Å². The molecule has 0 saturated heterocycles. The zero-order valence-corrected chi connectivity index (χ0v) is 18.4. The van der Waals surface area contributed by atoms with E-state index in [4.69, 9.17) is 0 Å². The Morgan fingerprint density at radius 3 is 2.20 bits per heavy atom. The van der Waals surface area contributed by atoms with E-state index in [9.17, 15) is 4.79 Å². The van der Waals surface area contributed by atoms with Crippen LogP contribution in [0.25, 0.3) is 0 Å². The maximum atomic E-state index is 12.4. The first kappa shape index (κ1) is 21.9. The van der Waals surface area contributed by atoms with Gasteiger partial charge in [-0.25, -0.2) is 0 Å². The molecule has 0 aliphatic heterocycles. The normalized spacial score (nSPS) is 15.2. The quantitative estimate of drug-likeness (QED) is 0.515. The minimum atomic E-state index is 0.0868. The highest BCUT2D eigenvalue weighted by Gasteiger charge is 2.38. The van der Waals surface area contributed by atoms with Gasteiger partial charge in [-0.05, 0) is 49.9 Å². The van der Waals surface area contributed by atoms with E-state index in [0.717, 1.165) is 36.7 Å². The van der Waals surface area contributed by atoms with E-state index in [1.807, 2.05) is 43.0 Å². The van der Waals surface area contributed by atoms with Crippen LogP contribution in [0.3, 0.4) is 0 Å². The van der Waals surface area contributed by atoms with Crippen molar-refractivity contribution < 1.29 is 4.79 Å². The third kappa shape index (κ3) is 5.02. The number of nitrogens with one attached hydrogen (secondary N) is 2. The molecule has 3 rings (SSSR count). The number of benzene rings is 2. The molecule has 5 heteroatoms. The lowest BCUT2D eigenvalue weighted by molar-refractivity contribution is 0.0773. The van der Waals surface area contributed by atoms with Crippen molar-refractivity contribution in [2.75, 3.05) is 26.7 Å². The van der Waals surface area contributed by atoms with Crippen LogP contribution in [-0.2, 0) is 12.0 Å². The van der Waals surface area contributed by atoms with Crippen LogP contribution in [-0.4, -0.2) is 43.4 Å². The monoisotopic (exact) mass is 406 g/mol. The molecular weight excluding hydrogens is 372 g/mol. The predicted octanol–water partition coefficient (Wildman–Crippen LogP) is 3.96. The van der Waals surface area contributed by atoms with Gasteiger partial charge in [0.15, 0.2) is 5.96 Å². The summed E-state index contributed by atoms with van der Waals surface area (Å²) < 4.78 is 0. The van der Waals surface area contributed by atoms with Crippen LogP contribution < -0.4 is 10.6 Å². The molecule has 0 heterocycles. The van der Waals surface area contributed by atoms with Gasteiger partial charge in [-0.3, -0.25) is 9.79 Å². The molecule has 0 radical (unpaired) electrons. The standard InChI is InChI=1S/C25H34N4O/c1-4-29(5-2)23(30)21-14-12-20(13-15-21)18-27-24(26-3)28-19-25(16-9-17-25)22-10-7-6-8-11-22/h6-8,10-15H,4-5,9,16-19H2,1-3H3,(H2,26,27,28). The van der Waals surface area contributed by atoms with Gasteiger partial charge in [0, 0.05) is 44.2 Å². The molecule has 160 valence electrons. The van der Waals surface area contributed by atoms with E-state index in [0.29, 0.717) is 6.54 Å². The molecule has 1 aliphatic carbocycles. The molecule has 0 atom stereocenters. The molecule has 1 saturated carbocycles. The van der Waals surface area contributed by atoms with E-state index < -0.39 is 0 Å². The molecule has 0 unspecified atom stereocenters. The van der Waals surface area contributed by atoms with Crippen LogP contribution in [0.4, 0.5) is 0 Å². The van der Waals surface area contributed by atoms with Crippen molar-refractivity contribution in [3.8, 4) is 0 Å². The molecule has 2 N–H and O–H groups in total. The lowest BCUT2D eigenvalue weighted by Gasteiger charge is -2.43. The maximum absolute atomic E-state index is 12.4. The van der Waals surface area contributed by atoms with Crippen LogP contribution in [0.15, 0.2) is 59.6 Å². The summed E-state index contributed by atoms with van der Waals surface area (Å²) in [6.07, 6.45) is 3.70. The Labute approximate surface area is 180 Å². The highest BCUT2D eigenvalue weighted by atomic mass is 16.2. The Hall–Kier alpha value is -2.82. The Balaban J connectivity index is 1.54. The fraction of sp³-hybridized carbons (Fsp3) is 0.440. The molecule has 0 bridgehead atoms. The average molecular weight is 407 g/mol. The number of rotatable bonds is 8. The van der Waals surface area contributed by atoms with Gasteiger partial charge in [0.2, 0.25) is 0 Å². The lowest BCUT2D eigenvalue weighted by Crippen LogP contribution is -2.48. The summed E-state index contributed by atoms with van der Waals surface area (Å²) in [5, 5.41) is 6.91. The van der Waals surface area contributed by atoms with Gasteiger partial charge in [0.1, 0.15) is 0 Å². The van der Waals surface area contributed by atoms with E-state index in [1.165, 1.54) is 24.8 Å². The Morgan fingerprint density at radius 1 is 1.00 bits per heavy atom. The summed E-state index contributed by atoms with van der Waals surface area (Å²) in [5.74, 6) is 0.893. The molecular formula is C25H34N4O. The number of carbonyl (C=O) groups excluding carboxylic acids is 1. The van der Waals surface area contributed by atoms with E-state index in [2.05, 4.69) is 46.0 Å². The summed E-state index contributed by atoms with van der Waals surface area (Å²) >= 11 is 0. The third-order valence-corrected chi connectivity index (χ3v) is 6.23. The van der Waals surface area contributed by atoms with Gasteiger partial charge in [-0.15, -0.1) is 0 Å². The van der Waals surface area contributed by atoms with Crippen LogP contribution in [0.2, 0.25) is 0 Å². The SMILES string of the molecule is CCN(CC)C(=O)c1ccc(CNC(=NC)NCC2(c3ccccc3)CCC2)cc1. The Morgan fingerprint density at radius 2 is 1.67 bits per heavy atom. The van der Waals surface area contributed by atoms with Crippen molar-refractivity contribution >= 4 is 11.9 Å². The minimum Gasteiger partial charge on any atom is -0.356 e. The van der Waals surface area contributed by atoms with Gasteiger partial charge in [-0.1, -0.05) is 48.9 Å². The second-order valence-corrected chi connectivity index (χ2v) is 7.95. The maximum Gasteiger partial charge on any atom is 0.253 e. The topological polar surface area (TPSA) is 56.7 Å². The zero-order chi connectivity index (χ0) is 21.4. The number of hydrogen-bond donors (Lipinski definition) is 2. The molecule has 0 spiro atoms. The van der Waals surface area contributed by atoms with Crippen LogP contribution >= 0.6 is 0 Å². The number of nitrogens with zero attached hydrogens (tertiary/aromatic N) is 2. The first-order valence-corrected chi connectivity index (χ1v) is 11.0. The molecule has 1 fully saturated rings. The molecule has 1 amide bonds. The molecule has 0 aromatic heterocycles. The van der Waals surface area contributed by atoms with E-state index in [-0.39, 0.29) is 11.3 Å².